The van der Waals surface area contributed by atoms with Gasteiger partial charge in [0.2, 0.25) is 11.9 Å². The standard InChI is InChI=1S/C18H21ClN6O3/c1-10(2)15(26)21-22-17-20-14-13(16(27)24(4)18(28)23(14)3)25(17)9-11-5-7-12(19)8-6-11/h5-8,10H,9H2,1-4H3,(H,20,22)(H,21,26). The van der Waals surface area contributed by atoms with E-state index in [1.807, 2.05) is 12.1 Å². The highest BCUT2D eigenvalue weighted by atomic mass is 35.5. The summed E-state index contributed by atoms with van der Waals surface area (Å²) in [6.07, 6.45) is 0. The average molecular weight is 405 g/mol. The van der Waals surface area contributed by atoms with E-state index in [1.54, 1.807) is 37.6 Å². The number of rotatable bonds is 5. The van der Waals surface area contributed by atoms with Gasteiger partial charge in [-0.1, -0.05) is 37.6 Å². The van der Waals surface area contributed by atoms with E-state index in [2.05, 4.69) is 15.8 Å². The molecule has 1 amide bonds. The lowest BCUT2D eigenvalue weighted by Crippen LogP contribution is -2.37. The second-order valence-corrected chi connectivity index (χ2v) is 7.23. The van der Waals surface area contributed by atoms with Crippen LogP contribution >= 0.6 is 11.6 Å². The lowest BCUT2D eigenvalue weighted by atomic mass is 10.2. The van der Waals surface area contributed by atoms with Crippen LogP contribution in [0.5, 0.6) is 0 Å². The van der Waals surface area contributed by atoms with Crippen LogP contribution in [-0.4, -0.2) is 24.6 Å². The number of fused-ring (bicyclic) bond motifs is 1. The van der Waals surface area contributed by atoms with E-state index in [9.17, 15) is 14.4 Å². The van der Waals surface area contributed by atoms with Crippen molar-refractivity contribution >= 4 is 34.6 Å². The van der Waals surface area contributed by atoms with E-state index < -0.39 is 11.2 Å². The number of halogens is 1. The first-order valence-electron chi connectivity index (χ1n) is 8.67. The van der Waals surface area contributed by atoms with E-state index in [4.69, 9.17) is 11.6 Å². The minimum absolute atomic E-state index is 0.225. The number of carbonyl (C=O) groups is 1. The van der Waals surface area contributed by atoms with Gasteiger partial charge in [0.15, 0.2) is 11.2 Å². The molecule has 9 nitrogen and oxygen atoms in total. The molecule has 0 aliphatic heterocycles. The first-order chi connectivity index (χ1) is 13.2. The van der Waals surface area contributed by atoms with Gasteiger partial charge in [-0.2, -0.15) is 4.98 Å². The highest BCUT2D eigenvalue weighted by molar-refractivity contribution is 6.30. The topological polar surface area (TPSA) is 103 Å². The van der Waals surface area contributed by atoms with Crippen molar-refractivity contribution < 1.29 is 4.79 Å². The largest absolute Gasteiger partial charge is 0.332 e. The number of anilines is 1. The van der Waals surface area contributed by atoms with Gasteiger partial charge in [0, 0.05) is 25.0 Å². The third-order valence-electron chi connectivity index (χ3n) is 4.42. The Bertz CT molecular complexity index is 1160. The SMILES string of the molecule is CC(C)C(=O)NNc1nc2c(c(=O)n(C)c(=O)n2C)n1Cc1ccc(Cl)cc1. The summed E-state index contributed by atoms with van der Waals surface area (Å²) in [5, 5.41) is 0.597. The smallest absolute Gasteiger partial charge is 0.298 e. The van der Waals surface area contributed by atoms with Crippen LogP contribution in [0.15, 0.2) is 33.9 Å². The highest BCUT2D eigenvalue weighted by Crippen LogP contribution is 2.18. The number of nitrogens with one attached hydrogen (secondary N) is 2. The molecule has 2 aromatic heterocycles. The number of hydrogen-bond acceptors (Lipinski definition) is 5. The summed E-state index contributed by atoms with van der Waals surface area (Å²) in [5.41, 5.74) is 5.74. The van der Waals surface area contributed by atoms with Crippen molar-refractivity contribution in [2.45, 2.75) is 20.4 Å². The summed E-state index contributed by atoms with van der Waals surface area (Å²) < 4.78 is 3.95. The quantitative estimate of drug-likeness (QED) is 0.623. The van der Waals surface area contributed by atoms with Gasteiger partial charge in [0.25, 0.3) is 5.56 Å². The van der Waals surface area contributed by atoms with Crippen LogP contribution in [0.1, 0.15) is 19.4 Å². The fourth-order valence-corrected chi connectivity index (χ4v) is 2.86. The molecular weight excluding hydrogens is 384 g/mol. The normalized spacial score (nSPS) is 11.2. The van der Waals surface area contributed by atoms with Crippen molar-refractivity contribution in [3.63, 3.8) is 0 Å². The lowest BCUT2D eigenvalue weighted by molar-refractivity contribution is -0.123. The molecular formula is C18H21ClN6O3. The van der Waals surface area contributed by atoms with Gasteiger partial charge >= 0.3 is 5.69 Å². The Morgan fingerprint density at radius 1 is 1.14 bits per heavy atom. The molecule has 148 valence electrons. The lowest BCUT2D eigenvalue weighted by Gasteiger charge is -2.13. The molecule has 0 fully saturated rings. The number of aryl methyl sites for hydroxylation is 1. The zero-order valence-electron chi connectivity index (χ0n) is 16.0. The summed E-state index contributed by atoms with van der Waals surface area (Å²) in [4.78, 5) is 41.3. The van der Waals surface area contributed by atoms with Crippen LogP contribution in [-0.2, 0) is 25.4 Å². The number of hydrazine groups is 1. The number of nitrogens with zero attached hydrogens (tertiary/aromatic N) is 4. The second kappa shape index (κ2) is 7.51. The maximum Gasteiger partial charge on any atom is 0.332 e. The van der Waals surface area contributed by atoms with E-state index in [1.165, 1.54) is 11.6 Å². The Hall–Kier alpha value is -3.07. The number of amides is 1. The summed E-state index contributed by atoms with van der Waals surface area (Å²) in [7, 11) is 2.96. The van der Waals surface area contributed by atoms with Crippen LogP contribution in [0, 0.1) is 5.92 Å². The number of carbonyl (C=O) groups excluding carboxylic acids is 1. The van der Waals surface area contributed by atoms with Crippen LogP contribution in [0.3, 0.4) is 0 Å². The molecule has 3 rings (SSSR count). The summed E-state index contributed by atoms with van der Waals surface area (Å²) in [6.45, 7) is 3.81. The van der Waals surface area contributed by atoms with Gasteiger partial charge in [0.05, 0.1) is 6.54 Å². The molecule has 0 spiro atoms. The van der Waals surface area contributed by atoms with E-state index in [0.29, 0.717) is 11.6 Å². The Morgan fingerprint density at radius 3 is 2.39 bits per heavy atom. The molecule has 0 unspecified atom stereocenters. The van der Waals surface area contributed by atoms with Gasteiger partial charge in [-0.3, -0.25) is 34.1 Å². The monoisotopic (exact) mass is 404 g/mol. The van der Waals surface area contributed by atoms with Gasteiger partial charge in [-0.15, -0.1) is 0 Å². The van der Waals surface area contributed by atoms with E-state index in [0.717, 1.165) is 10.1 Å². The molecule has 0 radical (unpaired) electrons. The fraction of sp³-hybridized carbons (Fsp3) is 0.333. The van der Waals surface area contributed by atoms with Crippen molar-refractivity contribution in [2.75, 3.05) is 5.43 Å². The maximum absolute atomic E-state index is 12.8. The van der Waals surface area contributed by atoms with Crippen LogP contribution in [0.2, 0.25) is 5.02 Å². The average Bonchev–Trinajstić information content (AvgIpc) is 3.02. The molecule has 2 heterocycles. The third kappa shape index (κ3) is 3.53. The Labute approximate surface area is 165 Å². The highest BCUT2D eigenvalue weighted by Gasteiger charge is 2.20. The molecule has 1 aromatic carbocycles. The molecule has 3 aromatic rings. The minimum atomic E-state index is -0.480. The molecule has 0 saturated heterocycles. The van der Waals surface area contributed by atoms with Crippen molar-refractivity contribution in [3.05, 3.63) is 55.7 Å². The van der Waals surface area contributed by atoms with Crippen molar-refractivity contribution in [1.29, 1.82) is 0 Å². The first kappa shape index (κ1) is 19.7. The van der Waals surface area contributed by atoms with Gasteiger partial charge < -0.3 is 0 Å². The van der Waals surface area contributed by atoms with Crippen LogP contribution in [0.25, 0.3) is 11.2 Å². The zero-order valence-corrected chi connectivity index (χ0v) is 16.7. The molecule has 0 atom stereocenters. The molecule has 0 aliphatic carbocycles. The predicted molar refractivity (Wildman–Crippen MR) is 107 cm³/mol. The summed E-state index contributed by atoms with van der Waals surface area (Å²) >= 11 is 5.95. The minimum Gasteiger partial charge on any atom is -0.298 e. The van der Waals surface area contributed by atoms with Gasteiger partial charge in [-0.25, -0.2) is 4.79 Å². The molecule has 10 heteroatoms. The molecule has 0 aliphatic rings. The number of hydrogen-bond donors (Lipinski definition) is 2. The fourth-order valence-electron chi connectivity index (χ4n) is 2.73. The number of aromatic nitrogens is 4. The van der Waals surface area contributed by atoms with Crippen LogP contribution < -0.4 is 22.1 Å². The molecule has 2 N–H and O–H groups in total. The first-order valence-corrected chi connectivity index (χ1v) is 9.05. The van der Waals surface area contributed by atoms with Crippen molar-refractivity contribution in [2.24, 2.45) is 20.0 Å². The second-order valence-electron chi connectivity index (χ2n) is 6.79. The van der Waals surface area contributed by atoms with E-state index in [-0.39, 0.29) is 28.9 Å². The van der Waals surface area contributed by atoms with Crippen molar-refractivity contribution in [1.82, 2.24) is 24.1 Å². The third-order valence-corrected chi connectivity index (χ3v) is 4.68. The van der Waals surface area contributed by atoms with Crippen LogP contribution in [0.4, 0.5) is 5.95 Å². The van der Waals surface area contributed by atoms with Crippen molar-refractivity contribution in [3.8, 4) is 0 Å². The molecule has 28 heavy (non-hydrogen) atoms. The predicted octanol–water partition coefficient (Wildman–Crippen LogP) is 1.23. The molecule has 0 bridgehead atoms. The Balaban J connectivity index is 2.17. The number of imidazole rings is 1. The summed E-state index contributed by atoms with van der Waals surface area (Å²) in [6, 6.07) is 7.16. The van der Waals surface area contributed by atoms with Gasteiger partial charge in [-0.05, 0) is 17.7 Å². The van der Waals surface area contributed by atoms with E-state index >= 15 is 0 Å². The van der Waals surface area contributed by atoms with Gasteiger partial charge in [0.1, 0.15) is 0 Å². The molecule has 0 saturated carbocycles. The Morgan fingerprint density at radius 2 is 1.79 bits per heavy atom. The maximum atomic E-state index is 12.8. The summed E-state index contributed by atoms with van der Waals surface area (Å²) in [5.74, 6) is -0.219. The Kier molecular flexibility index (Phi) is 5.28. The number of benzene rings is 1. The zero-order chi connectivity index (χ0) is 20.6.